The van der Waals surface area contributed by atoms with E-state index in [4.69, 9.17) is 27.9 Å². The van der Waals surface area contributed by atoms with Crippen LogP contribution in [0.5, 0.6) is 5.75 Å². The van der Waals surface area contributed by atoms with Crippen molar-refractivity contribution in [3.63, 3.8) is 0 Å². The Morgan fingerprint density at radius 2 is 2.07 bits per heavy atom. The van der Waals surface area contributed by atoms with Crippen molar-refractivity contribution in [3.8, 4) is 17.0 Å². The summed E-state index contributed by atoms with van der Waals surface area (Å²) < 4.78 is 7.17. The molecule has 0 saturated carbocycles. The lowest BCUT2D eigenvalue weighted by atomic mass is 10.2. The van der Waals surface area contributed by atoms with Gasteiger partial charge in [0, 0.05) is 16.0 Å². The Hall–Kier alpha value is -2.61. The van der Waals surface area contributed by atoms with Crippen LogP contribution in [-0.2, 0) is 4.79 Å². The van der Waals surface area contributed by atoms with E-state index in [-0.39, 0.29) is 18.5 Å². The monoisotopic (exact) mass is 432 g/mol. The summed E-state index contributed by atoms with van der Waals surface area (Å²) in [6, 6.07) is 12.7. The summed E-state index contributed by atoms with van der Waals surface area (Å²) in [6.45, 7) is 1.78. The van der Waals surface area contributed by atoms with Crippen LogP contribution in [0.3, 0.4) is 0 Å². The Kier molecular flexibility index (Phi) is 5.21. The van der Waals surface area contributed by atoms with Crippen molar-refractivity contribution in [2.45, 2.75) is 6.92 Å². The van der Waals surface area contributed by atoms with Gasteiger partial charge in [-0.15, -0.1) is 16.4 Å². The summed E-state index contributed by atoms with van der Waals surface area (Å²) >= 11 is 13.8. The third-order valence-electron chi connectivity index (χ3n) is 3.99. The molecular formula is C19H14Cl2N4O2S. The molecule has 9 heteroatoms. The van der Waals surface area contributed by atoms with Crippen LogP contribution >= 0.6 is 34.5 Å². The lowest BCUT2D eigenvalue weighted by Crippen LogP contribution is -2.21. The topological polar surface area (TPSA) is 68.5 Å². The van der Waals surface area contributed by atoms with Crippen molar-refractivity contribution < 1.29 is 9.53 Å². The number of ether oxygens (including phenoxy) is 1. The fourth-order valence-corrected chi connectivity index (χ4v) is 3.84. The molecule has 4 rings (SSSR count). The average Bonchev–Trinajstić information content (AvgIpc) is 3.23. The number of aromatic nitrogens is 3. The van der Waals surface area contributed by atoms with E-state index in [1.54, 1.807) is 22.7 Å². The highest BCUT2D eigenvalue weighted by atomic mass is 35.5. The Balaban J connectivity index is 1.51. The second-order valence-corrected chi connectivity index (χ2v) is 7.66. The number of nitrogens with one attached hydrogen (secondary N) is 1. The van der Waals surface area contributed by atoms with Gasteiger partial charge in [-0.2, -0.15) is 4.98 Å². The number of anilines is 1. The van der Waals surface area contributed by atoms with Gasteiger partial charge in [0.2, 0.25) is 4.96 Å². The van der Waals surface area contributed by atoms with E-state index < -0.39 is 0 Å². The normalized spacial score (nSPS) is 11.0. The van der Waals surface area contributed by atoms with Crippen molar-refractivity contribution in [2.75, 3.05) is 11.9 Å². The number of hydrogen-bond donors (Lipinski definition) is 1. The largest absolute Gasteiger partial charge is 0.483 e. The van der Waals surface area contributed by atoms with Crippen molar-refractivity contribution in [1.82, 2.24) is 14.6 Å². The summed E-state index contributed by atoms with van der Waals surface area (Å²) in [5.41, 5.74) is 2.45. The van der Waals surface area contributed by atoms with Gasteiger partial charge in [0.1, 0.15) is 5.75 Å². The average molecular weight is 433 g/mol. The molecule has 28 heavy (non-hydrogen) atoms. The van der Waals surface area contributed by atoms with Gasteiger partial charge in [0.25, 0.3) is 11.9 Å². The summed E-state index contributed by atoms with van der Waals surface area (Å²) in [5.74, 6) is 0.516. The molecule has 0 aliphatic rings. The van der Waals surface area contributed by atoms with Gasteiger partial charge in [-0.05, 0) is 36.8 Å². The van der Waals surface area contributed by atoms with Gasteiger partial charge < -0.3 is 4.74 Å². The first-order chi connectivity index (χ1) is 13.5. The molecular weight excluding hydrogens is 419 g/mol. The number of carbonyl (C=O) groups excluding carboxylic acids is 1. The molecule has 0 radical (unpaired) electrons. The molecule has 142 valence electrons. The van der Waals surface area contributed by atoms with Crippen LogP contribution in [0.4, 0.5) is 5.95 Å². The zero-order valence-electron chi connectivity index (χ0n) is 14.6. The van der Waals surface area contributed by atoms with Gasteiger partial charge in [-0.3, -0.25) is 10.1 Å². The Morgan fingerprint density at radius 3 is 2.89 bits per heavy atom. The molecule has 2 aromatic carbocycles. The highest BCUT2D eigenvalue weighted by molar-refractivity contribution is 7.15. The second-order valence-electron chi connectivity index (χ2n) is 5.98. The number of benzene rings is 2. The molecule has 0 bridgehead atoms. The molecule has 4 aromatic rings. The van der Waals surface area contributed by atoms with Crippen molar-refractivity contribution in [2.24, 2.45) is 0 Å². The predicted octanol–water partition coefficient (Wildman–Crippen LogP) is 5.09. The van der Waals surface area contributed by atoms with Gasteiger partial charge >= 0.3 is 0 Å². The number of hydrogen-bond acceptors (Lipinski definition) is 5. The maximum absolute atomic E-state index is 12.2. The molecule has 2 heterocycles. The van der Waals surface area contributed by atoms with Crippen LogP contribution < -0.4 is 10.1 Å². The van der Waals surface area contributed by atoms with Gasteiger partial charge in [-0.1, -0.05) is 41.4 Å². The third-order valence-corrected chi connectivity index (χ3v) is 5.37. The molecule has 0 saturated heterocycles. The smallest absolute Gasteiger partial charge is 0.264 e. The SMILES string of the molecule is Cc1ccccc1OCC(=O)Nc1nc2scc(-c3cc(Cl)ccc3Cl)n2n1. The minimum absolute atomic E-state index is 0.134. The number of halogens is 2. The lowest BCUT2D eigenvalue weighted by molar-refractivity contribution is -0.118. The third kappa shape index (κ3) is 3.82. The van der Waals surface area contributed by atoms with Crippen LogP contribution in [0.15, 0.2) is 47.8 Å². The summed E-state index contributed by atoms with van der Waals surface area (Å²) in [4.78, 5) is 17.1. The molecule has 0 atom stereocenters. The molecule has 0 unspecified atom stereocenters. The molecule has 0 fully saturated rings. The zero-order valence-corrected chi connectivity index (χ0v) is 17.0. The van der Waals surface area contributed by atoms with Crippen molar-refractivity contribution in [1.29, 1.82) is 0 Å². The number of nitrogens with zero attached hydrogens (tertiary/aromatic N) is 3. The van der Waals surface area contributed by atoms with Gasteiger partial charge in [-0.25, -0.2) is 4.52 Å². The maximum Gasteiger partial charge on any atom is 0.264 e. The zero-order chi connectivity index (χ0) is 19.7. The molecule has 0 aliphatic carbocycles. The van der Waals surface area contributed by atoms with Crippen molar-refractivity contribution >= 4 is 51.4 Å². The van der Waals surface area contributed by atoms with E-state index in [1.807, 2.05) is 36.6 Å². The quantitative estimate of drug-likeness (QED) is 0.476. The molecule has 1 amide bonds. The minimum atomic E-state index is -0.344. The van der Waals surface area contributed by atoms with Crippen molar-refractivity contribution in [3.05, 3.63) is 63.5 Å². The molecule has 6 nitrogen and oxygen atoms in total. The predicted molar refractivity (Wildman–Crippen MR) is 112 cm³/mol. The summed E-state index contributed by atoms with van der Waals surface area (Å²) in [6.07, 6.45) is 0. The first-order valence-electron chi connectivity index (χ1n) is 8.29. The van der Waals surface area contributed by atoms with Crippen LogP contribution in [0, 0.1) is 6.92 Å². The number of fused-ring (bicyclic) bond motifs is 1. The Labute approximate surface area is 174 Å². The van der Waals surface area contributed by atoms with Crippen LogP contribution in [-0.4, -0.2) is 27.1 Å². The molecule has 1 N–H and O–H groups in total. The highest BCUT2D eigenvalue weighted by Gasteiger charge is 2.16. The number of amides is 1. The van der Waals surface area contributed by atoms with E-state index in [0.29, 0.717) is 20.8 Å². The number of carbonyl (C=O) groups is 1. The Morgan fingerprint density at radius 1 is 1.25 bits per heavy atom. The Bertz CT molecular complexity index is 1170. The van der Waals surface area contributed by atoms with Crippen LogP contribution in [0.2, 0.25) is 10.0 Å². The van der Waals surface area contributed by atoms with Gasteiger partial charge in [0.15, 0.2) is 6.61 Å². The highest BCUT2D eigenvalue weighted by Crippen LogP contribution is 2.33. The number of aryl methyl sites for hydroxylation is 1. The summed E-state index contributed by atoms with van der Waals surface area (Å²) in [5, 5.41) is 10.0. The number of thiazole rings is 1. The molecule has 0 aliphatic heterocycles. The first-order valence-corrected chi connectivity index (χ1v) is 9.93. The summed E-state index contributed by atoms with van der Waals surface area (Å²) in [7, 11) is 0. The molecule has 0 spiro atoms. The maximum atomic E-state index is 12.2. The number of para-hydroxylation sites is 1. The standard InChI is InChI=1S/C19H14Cl2N4O2S/c1-11-4-2-3-5-16(11)27-9-17(26)22-18-23-19-25(24-18)15(10-28-19)13-8-12(20)6-7-14(13)21/h2-8,10H,9H2,1H3,(H,22,24,26). The first kappa shape index (κ1) is 18.7. The van der Waals surface area contributed by atoms with Crippen LogP contribution in [0.25, 0.3) is 16.2 Å². The van der Waals surface area contributed by atoms with E-state index >= 15 is 0 Å². The fraction of sp³-hybridized carbons (Fsp3) is 0.105. The fourth-order valence-electron chi connectivity index (χ4n) is 2.64. The number of rotatable bonds is 5. The van der Waals surface area contributed by atoms with Crippen LogP contribution in [0.1, 0.15) is 5.56 Å². The van der Waals surface area contributed by atoms with E-state index in [1.165, 1.54) is 11.3 Å². The lowest BCUT2D eigenvalue weighted by Gasteiger charge is -2.07. The minimum Gasteiger partial charge on any atom is -0.483 e. The van der Waals surface area contributed by atoms with E-state index in [0.717, 1.165) is 16.8 Å². The van der Waals surface area contributed by atoms with E-state index in [2.05, 4.69) is 15.4 Å². The molecule has 2 aromatic heterocycles. The second kappa shape index (κ2) is 7.79. The van der Waals surface area contributed by atoms with E-state index in [9.17, 15) is 4.79 Å². The van der Waals surface area contributed by atoms with Gasteiger partial charge in [0.05, 0.1) is 10.7 Å².